The van der Waals surface area contributed by atoms with Gasteiger partial charge in [-0.25, -0.2) is 9.59 Å². The molecule has 0 N–H and O–H groups in total. The highest BCUT2D eigenvalue weighted by molar-refractivity contribution is 6.14. The second-order valence-electron chi connectivity index (χ2n) is 3.93. The maximum absolute atomic E-state index is 11.9. The van der Waals surface area contributed by atoms with Gasteiger partial charge in [0.25, 0.3) is 0 Å². The number of carbonyl (C=O) groups is 2. The van der Waals surface area contributed by atoms with Gasteiger partial charge in [0.05, 0.1) is 13.2 Å². The number of rotatable bonds is 6. The fourth-order valence-corrected chi connectivity index (χ4v) is 1.52. The molecule has 0 saturated heterocycles. The molecule has 0 rings (SSSR count). The van der Waals surface area contributed by atoms with Crippen LogP contribution in [-0.2, 0) is 19.1 Å². The molecule has 0 fully saturated rings. The molecule has 0 atom stereocenters. The Bertz CT molecular complexity index is 305. The molecule has 0 spiro atoms. The molecular formula is C12H22N2O4. The lowest BCUT2D eigenvalue weighted by Gasteiger charge is -2.26. The average Bonchev–Trinajstić information content (AvgIpc) is 2.24. The van der Waals surface area contributed by atoms with Crippen molar-refractivity contribution in [2.45, 2.75) is 13.8 Å². The van der Waals surface area contributed by atoms with Gasteiger partial charge < -0.3 is 19.3 Å². The summed E-state index contributed by atoms with van der Waals surface area (Å²) < 4.78 is 9.80. The Morgan fingerprint density at radius 3 is 1.39 bits per heavy atom. The molecule has 18 heavy (non-hydrogen) atoms. The summed E-state index contributed by atoms with van der Waals surface area (Å²) >= 11 is 0. The summed E-state index contributed by atoms with van der Waals surface area (Å²) in [6, 6.07) is 0. The van der Waals surface area contributed by atoms with E-state index in [-0.39, 0.29) is 18.8 Å². The van der Waals surface area contributed by atoms with E-state index in [1.54, 1.807) is 51.8 Å². The lowest BCUT2D eigenvalue weighted by molar-refractivity contribution is -0.147. The Morgan fingerprint density at radius 2 is 1.17 bits per heavy atom. The topological polar surface area (TPSA) is 59.1 Å². The van der Waals surface area contributed by atoms with Crippen LogP contribution < -0.4 is 0 Å². The van der Waals surface area contributed by atoms with Crippen LogP contribution in [0, 0.1) is 0 Å². The van der Waals surface area contributed by atoms with Crippen molar-refractivity contribution in [2.75, 3.05) is 41.4 Å². The van der Waals surface area contributed by atoms with Crippen LogP contribution in [0.3, 0.4) is 0 Å². The maximum Gasteiger partial charge on any atom is 0.349 e. The summed E-state index contributed by atoms with van der Waals surface area (Å²) in [4.78, 5) is 27.1. The van der Waals surface area contributed by atoms with Crippen molar-refractivity contribution in [3.8, 4) is 0 Å². The van der Waals surface area contributed by atoms with Gasteiger partial charge in [0.15, 0.2) is 5.57 Å². The van der Waals surface area contributed by atoms with Crippen LogP contribution in [0.15, 0.2) is 11.4 Å². The van der Waals surface area contributed by atoms with E-state index in [1.165, 1.54) is 0 Å². The Hall–Kier alpha value is -1.72. The molecular weight excluding hydrogens is 236 g/mol. The molecule has 0 aromatic rings. The van der Waals surface area contributed by atoms with Crippen molar-refractivity contribution < 1.29 is 19.1 Å². The van der Waals surface area contributed by atoms with Crippen molar-refractivity contribution in [1.82, 2.24) is 9.80 Å². The molecule has 0 unspecified atom stereocenters. The Labute approximate surface area is 108 Å². The van der Waals surface area contributed by atoms with Crippen molar-refractivity contribution in [3.63, 3.8) is 0 Å². The lowest BCUT2D eigenvalue weighted by Crippen LogP contribution is -2.32. The number of nitrogens with zero attached hydrogens (tertiary/aromatic N) is 2. The van der Waals surface area contributed by atoms with Crippen LogP contribution in [0.2, 0.25) is 0 Å². The highest BCUT2D eigenvalue weighted by atomic mass is 16.6. The molecule has 0 bridgehead atoms. The third-order valence-corrected chi connectivity index (χ3v) is 2.03. The standard InChI is InChI=1S/C12H22N2O4/c1-7-17-11(15)9(12(16)18-8-2)10(13(3)4)14(5)6/h7-8H2,1-6H3. The van der Waals surface area contributed by atoms with Gasteiger partial charge in [-0.2, -0.15) is 0 Å². The van der Waals surface area contributed by atoms with E-state index in [2.05, 4.69) is 0 Å². The van der Waals surface area contributed by atoms with Crippen molar-refractivity contribution in [2.24, 2.45) is 0 Å². The van der Waals surface area contributed by atoms with Gasteiger partial charge in [-0.05, 0) is 13.8 Å². The largest absolute Gasteiger partial charge is 0.462 e. The zero-order valence-electron chi connectivity index (χ0n) is 11.9. The Balaban J connectivity index is 5.60. The zero-order chi connectivity index (χ0) is 14.3. The van der Waals surface area contributed by atoms with E-state index in [1.807, 2.05) is 0 Å². The highest BCUT2D eigenvalue weighted by Gasteiger charge is 2.28. The van der Waals surface area contributed by atoms with Crippen LogP contribution >= 0.6 is 0 Å². The normalized spacial score (nSPS) is 9.44. The average molecular weight is 258 g/mol. The molecule has 0 amide bonds. The summed E-state index contributed by atoms with van der Waals surface area (Å²) in [5, 5.41) is 0. The molecule has 0 radical (unpaired) electrons. The minimum Gasteiger partial charge on any atom is -0.462 e. The number of carbonyl (C=O) groups excluding carboxylic acids is 2. The van der Waals surface area contributed by atoms with E-state index in [9.17, 15) is 9.59 Å². The second kappa shape index (κ2) is 7.58. The van der Waals surface area contributed by atoms with E-state index in [4.69, 9.17) is 9.47 Å². The van der Waals surface area contributed by atoms with Crippen molar-refractivity contribution in [1.29, 1.82) is 0 Å². The molecule has 6 nitrogen and oxygen atoms in total. The first-order chi connectivity index (χ1) is 8.36. The molecule has 0 aromatic carbocycles. The summed E-state index contributed by atoms with van der Waals surface area (Å²) in [7, 11) is 6.98. The van der Waals surface area contributed by atoms with E-state index in [0.29, 0.717) is 5.82 Å². The number of hydrogen-bond acceptors (Lipinski definition) is 6. The summed E-state index contributed by atoms with van der Waals surface area (Å²) in [5.41, 5.74) is -0.0892. The Morgan fingerprint density at radius 1 is 0.833 bits per heavy atom. The predicted octanol–water partition coefficient (Wildman–Crippen LogP) is 0.447. The molecule has 104 valence electrons. The van der Waals surface area contributed by atoms with Gasteiger partial charge in [-0.15, -0.1) is 0 Å². The van der Waals surface area contributed by atoms with Crippen LogP contribution in [-0.4, -0.2) is 63.1 Å². The molecule has 0 aliphatic rings. The van der Waals surface area contributed by atoms with Gasteiger partial charge in [-0.3, -0.25) is 0 Å². The summed E-state index contributed by atoms with van der Waals surface area (Å²) in [6.45, 7) is 3.78. The second-order valence-corrected chi connectivity index (χ2v) is 3.93. The van der Waals surface area contributed by atoms with Gasteiger partial charge in [0.1, 0.15) is 5.82 Å². The fourth-order valence-electron chi connectivity index (χ4n) is 1.52. The van der Waals surface area contributed by atoms with Crippen molar-refractivity contribution >= 4 is 11.9 Å². The predicted molar refractivity (Wildman–Crippen MR) is 67.7 cm³/mol. The SMILES string of the molecule is CCOC(=O)C(C(=O)OCC)=C(N(C)C)N(C)C. The lowest BCUT2D eigenvalue weighted by atomic mass is 10.2. The van der Waals surface area contributed by atoms with Crippen LogP contribution in [0.5, 0.6) is 0 Å². The summed E-state index contributed by atoms with van der Waals surface area (Å²) in [5.74, 6) is -0.895. The van der Waals surface area contributed by atoms with E-state index >= 15 is 0 Å². The Kier molecular flexibility index (Phi) is 6.85. The first-order valence-corrected chi connectivity index (χ1v) is 5.79. The smallest absolute Gasteiger partial charge is 0.349 e. The van der Waals surface area contributed by atoms with Gasteiger partial charge >= 0.3 is 11.9 Å². The quantitative estimate of drug-likeness (QED) is 0.298. The first-order valence-electron chi connectivity index (χ1n) is 5.79. The molecule has 0 aromatic heterocycles. The number of esters is 2. The van der Waals surface area contributed by atoms with Crippen LogP contribution in [0.25, 0.3) is 0 Å². The molecule has 0 saturated carbocycles. The molecule has 0 aliphatic heterocycles. The minimum atomic E-state index is -0.673. The third kappa shape index (κ3) is 4.27. The van der Waals surface area contributed by atoms with E-state index < -0.39 is 11.9 Å². The van der Waals surface area contributed by atoms with Gasteiger partial charge in [0.2, 0.25) is 0 Å². The fraction of sp³-hybridized carbons (Fsp3) is 0.667. The first kappa shape index (κ1) is 16.3. The minimum absolute atomic E-state index is 0.0892. The highest BCUT2D eigenvalue weighted by Crippen LogP contribution is 2.14. The molecule has 6 heteroatoms. The van der Waals surface area contributed by atoms with Gasteiger partial charge in [0, 0.05) is 28.2 Å². The number of ether oxygens (including phenoxy) is 2. The van der Waals surface area contributed by atoms with E-state index in [0.717, 1.165) is 0 Å². The van der Waals surface area contributed by atoms with Crippen LogP contribution in [0.4, 0.5) is 0 Å². The summed E-state index contributed by atoms with van der Waals surface area (Å²) in [6.07, 6.45) is 0. The van der Waals surface area contributed by atoms with Crippen molar-refractivity contribution in [3.05, 3.63) is 11.4 Å². The molecule has 0 aliphatic carbocycles. The third-order valence-electron chi connectivity index (χ3n) is 2.03. The molecule has 0 heterocycles. The maximum atomic E-state index is 11.9. The monoisotopic (exact) mass is 258 g/mol. The number of hydrogen-bond donors (Lipinski definition) is 0. The zero-order valence-corrected chi connectivity index (χ0v) is 11.9. The van der Waals surface area contributed by atoms with Crippen LogP contribution in [0.1, 0.15) is 13.8 Å². The van der Waals surface area contributed by atoms with Gasteiger partial charge in [-0.1, -0.05) is 0 Å².